The Labute approximate surface area is 336 Å². The lowest BCUT2D eigenvalue weighted by atomic mass is 9.94. The van der Waals surface area contributed by atoms with Crippen LogP contribution in [0.15, 0.2) is 84.9 Å². The Morgan fingerprint density at radius 3 is 2.09 bits per heavy atom. The molecule has 4 aromatic rings. The third kappa shape index (κ3) is 11.5. The molecule has 1 aliphatic heterocycles. The van der Waals surface area contributed by atoms with Gasteiger partial charge in [-0.2, -0.15) is 0 Å². The Balaban J connectivity index is 1.54. The van der Waals surface area contributed by atoms with E-state index >= 15 is 0 Å². The number of nitrogens with zero attached hydrogens (tertiary/aromatic N) is 1. The third-order valence-corrected chi connectivity index (χ3v) is 9.29. The third-order valence-electron chi connectivity index (χ3n) is 9.29. The molecule has 3 aromatic carbocycles. The molecule has 0 bridgehead atoms. The van der Waals surface area contributed by atoms with Gasteiger partial charge in [0, 0.05) is 35.8 Å². The molecule has 1 fully saturated rings. The van der Waals surface area contributed by atoms with Gasteiger partial charge in [0.2, 0.25) is 0 Å². The molecule has 10 heteroatoms. The molecule has 1 aromatic heterocycles. The summed E-state index contributed by atoms with van der Waals surface area (Å²) in [7, 11) is 0. The molecule has 2 unspecified atom stereocenters. The molecule has 1 saturated heterocycles. The van der Waals surface area contributed by atoms with E-state index in [0.717, 1.165) is 33.5 Å². The first-order valence-electron chi connectivity index (χ1n) is 19.6. The second-order valence-corrected chi connectivity index (χ2v) is 17.3. The minimum Gasteiger partial charge on any atom is -0.460 e. The van der Waals surface area contributed by atoms with Gasteiger partial charge in [0.25, 0.3) is 5.91 Å². The predicted molar refractivity (Wildman–Crippen MR) is 220 cm³/mol. The first kappa shape index (κ1) is 43.1. The van der Waals surface area contributed by atoms with Crippen molar-refractivity contribution in [3.8, 4) is 22.3 Å². The fraction of sp³-hybridized carbons (Fsp3) is 0.426. The fourth-order valence-corrected chi connectivity index (χ4v) is 6.87. The van der Waals surface area contributed by atoms with Gasteiger partial charge in [0.15, 0.2) is 5.79 Å². The van der Waals surface area contributed by atoms with Crippen molar-refractivity contribution in [2.24, 2.45) is 5.41 Å². The summed E-state index contributed by atoms with van der Waals surface area (Å²) in [5.41, 5.74) is 4.74. The van der Waals surface area contributed by atoms with E-state index in [1.807, 2.05) is 141 Å². The number of esters is 2. The van der Waals surface area contributed by atoms with E-state index in [2.05, 4.69) is 5.32 Å². The minimum atomic E-state index is -0.977. The van der Waals surface area contributed by atoms with Crippen LogP contribution in [0.2, 0.25) is 0 Å². The van der Waals surface area contributed by atoms with Gasteiger partial charge >= 0.3 is 11.9 Å². The van der Waals surface area contributed by atoms with Crippen LogP contribution >= 0.6 is 0 Å². The highest BCUT2D eigenvalue weighted by Crippen LogP contribution is 2.43. The molecule has 1 amide bonds. The molecule has 304 valence electrons. The molecule has 0 radical (unpaired) electrons. The van der Waals surface area contributed by atoms with Gasteiger partial charge in [-0.3, -0.25) is 14.4 Å². The number of amides is 1. The summed E-state index contributed by atoms with van der Waals surface area (Å²) < 4.78 is 40.0. The normalized spacial score (nSPS) is 17.1. The summed E-state index contributed by atoms with van der Waals surface area (Å²) in [5.74, 6) is -2.25. The van der Waals surface area contributed by atoms with Crippen molar-refractivity contribution in [1.82, 2.24) is 9.88 Å². The van der Waals surface area contributed by atoms with Gasteiger partial charge < -0.3 is 28.8 Å². The molecule has 1 N–H and O–H groups in total. The maximum atomic E-state index is 14.6. The number of aromatic nitrogens is 1. The Kier molecular flexibility index (Phi) is 13.3. The SMILES string of the molecule is CC(C)n1c(/C=C/C2CC(CC(=O)OC(C)(C)C)OC(C)(C)O2)c(-c2ccc(F)cc2)c(-c2ccccc2)c1C(=O)NCc1ccc(COC(=O)C(C)(C)C)cc1. The summed E-state index contributed by atoms with van der Waals surface area (Å²) in [6, 6.07) is 23.4. The zero-order valence-electron chi connectivity index (χ0n) is 34.9. The smallest absolute Gasteiger partial charge is 0.311 e. The number of halogens is 1. The van der Waals surface area contributed by atoms with Crippen LogP contribution in [0.25, 0.3) is 28.3 Å². The van der Waals surface area contributed by atoms with E-state index in [0.29, 0.717) is 17.7 Å². The number of carbonyl (C=O) groups is 3. The minimum absolute atomic E-state index is 0.0768. The number of nitrogens with one attached hydrogen (secondary N) is 1. The van der Waals surface area contributed by atoms with E-state index in [1.54, 1.807) is 12.1 Å². The van der Waals surface area contributed by atoms with Gasteiger partial charge in [-0.05, 0) is 110 Å². The Hall–Kier alpha value is -5.06. The zero-order chi connectivity index (χ0) is 41.7. The van der Waals surface area contributed by atoms with Gasteiger partial charge in [0.1, 0.15) is 23.7 Å². The van der Waals surface area contributed by atoms with Crippen molar-refractivity contribution >= 4 is 23.9 Å². The summed E-state index contributed by atoms with van der Waals surface area (Å²) in [6.45, 7) is 19.0. The van der Waals surface area contributed by atoms with Crippen LogP contribution in [0.4, 0.5) is 4.39 Å². The summed E-state index contributed by atoms with van der Waals surface area (Å²) >= 11 is 0. The Bertz CT molecular complexity index is 2050. The standard InChI is InChI=1S/C47H57FN2O7/c1-30(2)50-38(25-24-36-26-37(56-47(9,10)55-36)27-39(51)57-46(6,7)8)40(34-20-22-35(48)23-21-34)41(33-14-12-11-13-15-33)42(50)43(52)49-28-31-16-18-32(19-17-31)29-54-44(53)45(3,4)5/h11-25,30,36-37H,26-29H2,1-10H3,(H,49,52)/b25-24+. The molecular weight excluding hydrogens is 724 g/mol. The second kappa shape index (κ2) is 17.6. The Morgan fingerprint density at radius 1 is 0.877 bits per heavy atom. The predicted octanol–water partition coefficient (Wildman–Crippen LogP) is 10.2. The largest absolute Gasteiger partial charge is 0.460 e. The number of ether oxygens (including phenoxy) is 4. The maximum absolute atomic E-state index is 14.6. The molecule has 5 rings (SSSR count). The average molecular weight is 781 g/mol. The van der Waals surface area contributed by atoms with Gasteiger partial charge in [-0.1, -0.05) is 72.8 Å². The molecule has 0 saturated carbocycles. The molecule has 9 nitrogen and oxygen atoms in total. The van der Waals surface area contributed by atoms with Crippen molar-refractivity contribution in [3.05, 3.63) is 113 Å². The quantitative estimate of drug-likeness (QED) is 0.143. The van der Waals surface area contributed by atoms with Crippen molar-refractivity contribution in [2.75, 3.05) is 0 Å². The number of benzene rings is 3. The summed E-state index contributed by atoms with van der Waals surface area (Å²) in [6.07, 6.45) is 3.52. The van der Waals surface area contributed by atoms with E-state index in [-0.39, 0.29) is 49.3 Å². The van der Waals surface area contributed by atoms with Gasteiger partial charge in [-0.25, -0.2) is 4.39 Å². The van der Waals surface area contributed by atoms with Crippen LogP contribution in [0.3, 0.4) is 0 Å². The van der Waals surface area contributed by atoms with E-state index in [9.17, 15) is 18.8 Å². The zero-order valence-corrected chi connectivity index (χ0v) is 34.9. The lowest BCUT2D eigenvalue weighted by Crippen LogP contribution is -2.45. The first-order chi connectivity index (χ1) is 26.7. The van der Waals surface area contributed by atoms with Crippen LogP contribution in [-0.2, 0) is 41.7 Å². The summed E-state index contributed by atoms with van der Waals surface area (Å²) in [4.78, 5) is 39.7. The number of rotatable bonds is 12. The molecule has 0 aliphatic carbocycles. The lowest BCUT2D eigenvalue weighted by molar-refractivity contribution is -0.290. The highest BCUT2D eigenvalue weighted by molar-refractivity contribution is 6.06. The van der Waals surface area contributed by atoms with Crippen LogP contribution in [-0.4, -0.2) is 46.0 Å². The van der Waals surface area contributed by atoms with Crippen molar-refractivity contribution < 1.29 is 37.7 Å². The van der Waals surface area contributed by atoms with Crippen LogP contribution in [0.5, 0.6) is 0 Å². The lowest BCUT2D eigenvalue weighted by Gasteiger charge is -2.39. The number of carbonyl (C=O) groups excluding carboxylic acids is 3. The first-order valence-corrected chi connectivity index (χ1v) is 19.6. The van der Waals surface area contributed by atoms with E-state index in [4.69, 9.17) is 18.9 Å². The van der Waals surface area contributed by atoms with Gasteiger partial charge in [0.05, 0.1) is 24.0 Å². The van der Waals surface area contributed by atoms with E-state index < -0.39 is 29.0 Å². The van der Waals surface area contributed by atoms with Crippen LogP contribution in [0.1, 0.15) is 115 Å². The van der Waals surface area contributed by atoms with Crippen molar-refractivity contribution in [2.45, 2.75) is 125 Å². The average Bonchev–Trinajstić information content (AvgIpc) is 3.46. The summed E-state index contributed by atoms with van der Waals surface area (Å²) in [5, 5.41) is 3.15. The maximum Gasteiger partial charge on any atom is 0.311 e. The van der Waals surface area contributed by atoms with Crippen LogP contribution in [0, 0.1) is 11.2 Å². The molecule has 0 spiro atoms. The topological polar surface area (TPSA) is 105 Å². The number of hydrogen-bond donors (Lipinski definition) is 1. The van der Waals surface area contributed by atoms with Crippen LogP contribution < -0.4 is 5.32 Å². The van der Waals surface area contributed by atoms with Crippen molar-refractivity contribution in [1.29, 1.82) is 0 Å². The second-order valence-electron chi connectivity index (χ2n) is 17.3. The molecular formula is C47H57FN2O7. The number of hydrogen-bond acceptors (Lipinski definition) is 7. The highest BCUT2D eigenvalue weighted by atomic mass is 19.1. The molecule has 2 atom stereocenters. The fourth-order valence-electron chi connectivity index (χ4n) is 6.87. The molecule has 2 heterocycles. The Morgan fingerprint density at radius 2 is 1.49 bits per heavy atom. The molecule has 1 aliphatic rings. The monoisotopic (exact) mass is 780 g/mol. The van der Waals surface area contributed by atoms with Crippen molar-refractivity contribution in [3.63, 3.8) is 0 Å². The highest BCUT2D eigenvalue weighted by Gasteiger charge is 2.37. The van der Waals surface area contributed by atoms with Gasteiger partial charge in [-0.15, -0.1) is 0 Å². The van der Waals surface area contributed by atoms with E-state index in [1.165, 1.54) is 12.1 Å². The molecule has 57 heavy (non-hydrogen) atoms.